The summed E-state index contributed by atoms with van der Waals surface area (Å²) in [5, 5.41) is 0. The first kappa shape index (κ1) is 16.2. The molecule has 4 heteroatoms. The average molecular weight is 313 g/mol. The molecule has 1 N–H and O–H groups in total. The first-order chi connectivity index (χ1) is 10.6. The summed E-state index contributed by atoms with van der Waals surface area (Å²) in [4.78, 5) is 0.278. The second-order valence-corrected chi connectivity index (χ2v) is 6.70. The van der Waals surface area contributed by atoms with Crippen molar-refractivity contribution >= 4 is 10.0 Å². The fraction of sp³-hybridized carbons (Fsp3) is 0.167. The van der Waals surface area contributed by atoms with Gasteiger partial charge in [-0.25, -0.2) is 13.1 Å². The highest BCUT2D eigenvalue weighted by Crippen LogP contribution is 2.09. The molecule has 0 atom stereocenters. The van der Waals surface area contributed by atoms with Crippen molar-refractivity contribution in [3.8, 4) is 0 Å². The number of hydrogen-bond donors (Lipinski definition) is 1. The highest BCUT2D eigenvalue weighted by Gasteiger charge is 2.11. The van der Waals surface area contributed by atoms with E-state index in [1.807, 2.05) is 43.3 Å². The molecular formula is C18H19NO2S. The number of hydrogen-bond acceptors (Lipinski definition) is 2. The van der Waals surface area contributed by atoms with Crippen molar-refractivity contribution in [2.45, 2.75) is 18.2 Å². The van der Waals surface area contributed by atoms with E-state index >= 15 is 0 Å². The van der Waals surface area contributed by atoms with Gasteiger partial charge in [0.1, 0.15) is 0 Å². The normalized spacial score (nSPS) is 10.8. The summed E-state index contributed by atoms with van der Waals surface area (Å²) in [6.07, 6.45) is 4.34. The van der Waals surface area contributed by atoms with E-state index in [2.05, 4.69) is 10.5 Å². The molecule has 0 saturated carbocycles. The maximum Gasteiger partial charge on any atom is 0.240 e. The molecule has 22 heavy (non-hydrogen) atoms. The highest BCUT2D eigenvalue weighted by atomic mass is 32.2. The highest BCUT2D eigenvalue weighted by molar-refractivity contribution is 7.89. The van der Waals surface area contributed by atoms with Gasteiger partial charge in [-0.2, -0.15) is 0 Å². The molecule has 0 amide bonds. The van der Waals surface area contributed by atoms with Gasteiger partial charge in [-0.15, -0.1) is 5.73 Å². The standard InChI is InChI=1S/C18H19NO2S/c1-16-11-13-18(14-12-16)22(20,21)19-15-7-3-6-10-17-8-4-2-5-9-17/h2,4-9,11-14,19H,10,15H2,1H3. The molecule has 0 unspecified atom stereocenters. The number of benzene rings is 2. The van der Waals surface area contributed by atoms with Gasteiger partial charge in [0, 0.05) is 6.54 Å². The Kier molecular flexibility index (Phi) is 5.73. The van der Waals surface area contributed by atoms with E-state index in [4.69, 9.17) is 0 Å². The van der Waals surface area contributed by atoms with E-state index in [1.54, 1.807) is 30.3 Å². The van der Waals surface area contributed by atoms with Gasteiger partial charge in [0.05, 0.1) is 4.90 Å². The molecule has 0 aliphatic heterocycles. The minimum absolute atomic E-state index is 0.224. The summed E-state index contributed by atoms with van der Waals surface area (Å²) < 4.78 is 26.6. The fourth-order valence-corrected chi connectivity index (χ4v) is 2.85. The van der Waals surface area contributed by atoms with Gasteiger partial charge in [0.25, 0.3) is 0 Å². The summed E-state index contributed by atoms with van der Waals surface area (Å²) in [5.74, 6) is 0. The quantitative estimate of drug-likeness (QED) is 0.832. The van der Waals surface area contributed by atoms with Crippen LogP contribution in [0.15, 0.2) is 77.4 Å². The van der Waals surface area contributed by atoms with Crippen LogP contribution in [0, 0.1) is 6.92 Å². The zero-order valence-corrected chi connectivity index (χ0v) is 13.3. The summed E-state index contributed by atoms with van der Waals surface area (Å²) in [6, 6.07) is 16.8. The van der Waals surface area contributed by atoms with Crippen molar-refractivity contribution in [3.63, 3.8) is 0 Å². The number of sulfonamides is 1. The molecular weight excluding hydrogens is 294 g/mol. The Bertz CT molecular complexity index is 756. The van der Waals surface area contributed by atoms with Crippen LogP contribution in [-0.2, 0) is 16.4 Å². The summed E-state index contributed by atoms with van der Waals surface area (Å²) in [6.45, 7) is 2.14. The molecule has 114 valence electrons. The monoisotopic (exact) mass is 313 g/mol. The second-order valence-electron chi connectivity index (χ2n) is 4.93. The van der Waals surface area contributed by atoms with Crippen molar-refractivity contribution in [2.24, 2.45) is 0 Å². The molecule has 0 bridgehead atoms. The zero-order valence-electron chi connectivity index (χ0n) is 12.5. The first-order valence-electron chi connectivity index (χ1n) is 7.07. The minimum atomic E-state index is -3.45. The van der Waals surface area contributed by atoms with Crippen molar-refractivity contribution in [1.29, 1.82) is 0 Å². The molecule has 0 aliphatic rings. The molecule has 0 heterocycles. The van der Waals surface area contributed by atoms with Crippen LogP contribution in [0.3, 0.4) is 0 Å². The number of rotatable bonds is 6. The van der Waals surface area contributed by atoms with Crippen molar-refractivity contribution in [1.82, 2.24) is 4.72 Å². The molecule has 0 fully saturated rings. The van der Waals surface area contributed by atoms with Crippen molar-refractivity contribution in [3.05, 3.63) is 83.6 Å². The summed E-state index contributed by atoms with van der Waals surface area (Å²) in [5.41, 5.74) is 5.22. The zero-order chi connectivity index (χ0) is 15.8. The maximum absolute atomic E-state index is 12.0. The van der Waals surface area contributed by atoms with Gasteiger partial charge >= 0.3 is 0 Å². The van der Waals surface area contributed by atoms with Crippen molar-refractivity contribution in [2.75, 3.05) is 6.54 Å². The Labute approximate surface area is 132 Å². The molecule has 0 aromatic heterocycles. The Morgan fingerprint density at radius 2 is 1.68 bits per heavy atom. The lowest BCUT2D eigenvalue weighted by molar-refractivity contribution is 0.585. The Hall–Kier alpha value is -2.13. The molecule has 0 radical (unpaired) electrons. The Morgan fingerprint density at radius 1 is 1.00 bits per heavy atom. The summed E-state index contributed by atoms with van der Waals surface area (Å²) in [7, 11) is -3.45. The van der Waals surface area contributed by atoms with E-state index in [1.165, 1.54) is 5.56 Å². The van der Waals surface area contributed by atoms with Gasteiger partial charge in [0.15, 0.2) is 0 Å². The molecule has 0 spiro atoms. The van der Waals surface area contributed by atoms with Crippen LogP contribution >= 0.6 is 0 Å². The topological polar surface area (TPSA) is 46.2 Å². The smallest absolute Gasteiger partial charge is 0.207 e. The van der Waals surface area contributed by atoms with Crippen molar-refractivity contribution < 1.29 is 8.42 Å². The number of aryl methyl sites for hydroxylation is 1. The largest absolute Gasteiger partial charge is 0.240 e. The van der Waals surface area contributed by atoms with Gasteiger partial charge in [-0.05, 0) is 43.2 Å². The van der Waals surface area contributed by atoms with E-state index in [0.717, 1.165) is 12.0 Å². The van der Waals surface area contributed by atoms with E-state index in [-0.39, 0.29) is 11.4 Å². The third-order valence-electron chi connectivity index (χ3n) is 3.12. The average Bonchev–Trinajstić information content (AvgIpc) is 2.52. The van der Waals surface area contributed by atoms with Gasteiger partial charge in [-0.3, -0.25) is 0 Å². The molecule has 2 aromatic rings. The second kappa shape index (κ2) is 7.76. The van der Waals surface area contributed by atoms with E-state index in [9.17, 15) is 8.42 Å². The SMILES string of the molecule is Cc1ccc(S(=O)(=O)NCC=C=CCc2ccccc2)cc1. The van der Waals surface area contributed by atoms with Gasteiger partial charge < -0.3 is 0 Å². The maximum atomic E-state index is 12.0. The molecule has 3 nitrogen and oxygen atoms in total. The van der Waals surface area contributed by atoms with Crippen LogP contribution in [0.1, 0.15) is 11.1 Å². The Morgan fingerprint density at radius 3 is 2.36 bits per heavy atom. The fourth-order valence-electron chi connectivity index (χ4n) is 1.89. The number of nitrogens with one attached hydrogen (secondary N) is 1. The third-order valence-corrected chi connectivity index (χ3v) is 4.56. The van der Waals surface area contributed by atoms with Gasteiger partial charge in [-0.1, -0.05) is 48.0 Å². The first-order valence-corrected chi connectivity index (χ1v) is 8.56. The molecule has 2 aromatic carbocycles. The van der Waals surface area contributed by atoms with Crippen LogP contribution in [0.2, 0.25) is 0 Å². The van der Waals surface area contributed by atoms with Crippen LogP contribution in [0.5, 0.6) is 0 Å². The predicted octanol–water partition coefficient (Wildman–Crippen LogP) is 3.23. The molecule has 2 rings (SSSR count). The van der Waals surface area contributed by atoms with Crippen LogP contribution in [0.25, 0.3) is 0 Å². The lowest BCUT2D eigenvalue weighted by Gasteiger charge is -2.04. The minimum Gasteiger partial charge on any atom is -0.207 e. The van der Waals surface area contributed by atoms with Crippen LogP contribution in [-0.4, -0.2) is 15.0 Å². The lowest BCUT2D eigenvalue weighted by Crippen LogP contribution is -2.23. The molecule has 0 saturated heterocycles. The molecule has 0 aliphatic carbocycles. The van der Waals surface area contributed by atoms with E-state index < -0.39 is 10.0 Å². The Balaban J connectivity index is 1.87. The lowest BCUT2D eigenvalue weighted by atomic mass is 10.1. The van der Waals surface area contributed by atoms with Crippen LogP contribution in [0.4, 0.5) is 0 Å². The summed E-state index contributed by atoms with van der Waals surface area (Å²) >= 11 is 0. The van der Waals surface area contributed by atoms with Gasteiger partial charge in [0.2, 0.25) is 10.0 Å². The van der Waals surface area contributed by atoms with E-state index in [0.29, 0.717) is 0 Å². The predicted molar refractivity (Wildman–Crippen MR) is 89.2 cm³/mol. The van der Waals surface area contributed by atoms with Crippen LogP contribution < -0.4 is 4.72 Å². The third kappa shape index (κ3) is 5.01.